The molecule has 0 atom stereocenters. The fraction of sp³-hybridized carbons (Fsp3) is 0.600. The van der Waals surface area contributed by atoms with Crippen LogP contribution in [-0.2, 0) is 19.4 Å². The molecule has 1 fully saturated rings. The molecule has 1 saturated heterocycles. The zero-order valence-corrected chi connectivity index (χ0v) is 19.6. The summed E-state index contributed by atoms with van der Waals surface area (Å²) in [6.07, 6.45) is 2.88. The van der Waals surface area contributed by atoms with Crippen LogP contribution in [0.25, 0.3) is 9.75 Å². The van der Waals surface area contributed by atoms with Gasteiger partial charge in [0, 0.05) is 37.6 Å². The zero-order valence-electron chi connectivity index (χ0n) is 17.1. The molecule has 0 unspecified atom stereocenters. The molecule has 29 heavy (non-hydrogen) atoms. The highest BCUT2D eigenvalue weighted by Crippen LogP contribution is 2.48. The van der Waals surface area contributed by atoms with Crippen molar-refractivity contribution >= 4 is 46.6 Å². The number of nitrogens with zero attached hydrogens (tertiary/aromatic N) is 3. The van der Waals surface area contributed by atoms with Gasteiger partial charge in [0.2, 0.25) is 0 Å². The molecular formula is C20H28N4O2S3. The fourth-order valence-corrected chi connectivity index (χ4v) is 6.90. The van der Waals surface area contributed by atoms with E-state index in [1.165, 1.54) is 4.88 Å². The lowest BCUT2D eigenvalue weighted by Gasteiger charge is -2.32. The van der Waals surface area contributed by atoms with Crippen molar-refractivity contribution in [2.75, 3.05) is 38.1 Å². The first kappa shape index (κ1) is 21.1. The van der Waals surface area contributed by atoms with Crippen molar-refractivity contribution in [3.05, 3.63) is 21.7 Å². The summed E-state index contributed by atoms with van der Waals surface area (Å²) < 4.78 is 2.91. The summed E-state index contributed by atoms with van der Waals surface area (Å²) in [7, 11) is 2.14. The molecule has 0 amide bonds. The predicted octanol–water partition coefficient (Wildman–Crippen LogP) is 3.77. The molecule has 158 valence electrons. The van der Waals surface area contributed by atoms with Crippen LogP contribution in [0, 0.1) is 5.41 Å². The van der Waals surface area contributed by atoms with Gasteiger partial charge in [0.1, 0.15) is 0 Å². The van der Waals surface area contributed by atoms with E-state index in [9.17, 15) is 9.90 Å². The molecule has 9 heteroatoms. The highest BCUT2D eigenvalue weighted by atomic mass is 32.1. The highest BCUT2D eigenvalue weighted by molar-refractivity contribution is 7.78. The summed E-state index contributed by atoms with van der Waals surface area (Å²) in [6.45, 7) is 8.88. The van der Waals surface area contributed by atoms with Crippen LogP contribution in [0.1, 0.15) is 46.8 Å². The van der Waals surface area contributed by atoms with Crippen LogP contribution in [0.3, 0.4) is 0 Å². The molecule has 6 nitrogen and oxygen atoms in total. The van der Waals surface area contributed by atoms with E-state index >= 15 is 0 Å². The Hall–Kier alpha value is -1.13. The van der Waals surface area contributed by atoms with Gasteiger partial charge in [0.05, 0.1) is 21.0 Å². The number of carbonyl (C=O) groups is 1. The summed E-state index contributed by atoms with van der Waals surface area (Å²) in [5.41, 5.74) is 2.56. The number of carboxylic acids is 1. The number of likely N-dealkylation sites (N-methyl/N-ethyl adjacent to an activating group) is 1. The monoisotopic (exact) mass is 452 g/mol. The Bertz CT molecular complexity index is 913. The molecular weight excluding hydrogens is 424 g/mol. The number of fused-ring (bicyclic) bond motifs is 1. The number of aromatic carboxylic acids is 1. The summed E-state index contributed by atoms with van der Waals surface area (Å²) in [6, 6.07) is 0. The van der Waals surface area contributed by atoms with Crippen molar-refractivity contribution in [3.63, 3.8) is 0 Å². The summed E-state index contributed by atoms with van der Waals surface area (Å²) in [5.74, 6) is -0.825. The van der Waals surface area contributed by atoms with Gasteiger partial charge in [0.15, 0.2) is 5.13 Å². The van der Waals surface area contributed by atoms with E-state index in [1.807, 2.05) is 0 Å². The molecule has 0 spiro atoms. The molecule has 2 aliphatic rings. The second kappa shape index (κ2) is 8.19. The number of thiol groups is 1. The zero-order chi connectivity index (χ0) is 20.8. The fourth-order valence-electron chi connectivity index (χ4n) is 4.15. The topological polar surface area (TPSA) is 68.7 Å². The Labute approximate surface area is 185 Å². The van der Waals surface area contributed by atoms with Gasteiger partial charge in [-0.05, 0) is 37.3 Å². The number of aromatic nitrogens is 1. The predicted molar refractivity (Wildman–Crippen MR) is 124 cm³/mol. The molecule has 2 aromatic heterocycles. The molecule has 0 radical (unpaired) electrons. The van der Waals surface area contributed by atoms with Crippen LogP contribution in [0.4, 0.5) is 5.13 Å². The average molecular weight is 453 g/mol. The minimum atomic E-state index is -0.825. The van der Waals surface area contributed by atoms with E-state index in [-0.39, 0.29) is 5.41 Å². The first-order valence-electron chi connectivity index (χ1n) is 9.97. The number of thiophene rings is 1. The first-order chi connectivity index (χ1) is 13.8. The molecule has 3 heterocycles. The van der Waals surface area contributed by atoms with Crippen molar-refractivity contribution in [2.45, 2.75) is 39.7 Å². The van der Waals surface area contributed by atoms with Crippen LogP contribution in [0.2, 0.25) is 0 Å². The minimum Gasteiger partial charge on any atom is -0.478 e. The maximum atomic E-state index is 12.3. The van der Waals surface area contributed by atoms with E-state index in [4.69, 9.17) is 4.98 Å². The molecule has 0 bridgehead atoms. The number of nitrogens with one attached hydrogen (secondary N) is 1. The van der Waals surface area contributed by atoms with Gasteiger partial charge in [-0.15, -0.1) is 11.3 Å². The lowest BCUT2D eigenvalue weighted by Crippen LogP contribution is -2.44. The Morgan fingerprint density at radius 1 is 1.24 bits per heavy atom. The van der Waals surface area contributed by atoms with Crippen molar-refractivity contribution in [1.29, 1.82) is 0 Å². The number of hydrogen-bond donors (Lipinski definition) is 3. The van der Waals surface area contributed by atoms with Gasteiger partial charge in [0.25, 0.3) is 0 Å². The second-order valence-corrected chi connectivity index (χ2v) is 11.2. The van der Waals surface area contributed by atoms with E-state index in [0.717, 1.165) is 71.6 Å². The Kier molecular flexibility index (Phi) is 5.96. The lowest BCUT2D eigenvalue weighted by atomic mass is 9.76. The molecule has 0 aromatic carbocycles. The van der Waals surface area contributed by atoms with Crippen molar-refractivity contribution in [1.82, 2.24) is 14.6 Å². The van der Waals surface area contributed by atoms with Crippen molar-refractivity contribution in [3.8, 4) is 9.75 Å². The van der Waals surface area contributed by atoms with E-state index in [1.54, 1.807) is 22.7 Å². The molecule has 2 N–H and O–H groups in total. The Balaban J connectivity index is 1.78. The SMILES string of the molecule is CN1CCN(c2nc(CNS)c(-c3sc4c(c3C(=O)O)CC(C)(C)CC4)s2)CC1. The molecule has 1 aliphatic heterocycles. The number of thiazole rings is 1. The largest absolute Gasteiger partial charge is 0.478 e. The van der Waals surface area contributed by atoms with Crippen LogP contribution >= 0.6 is 35.5 Å². The van der Waals surface area contributed by atoms with Gasteiger partial charge < -0.3 is 14.9 Å². The lowest BCUT2D eigenvalue weighted by molar-refractivity contribution is 0.0696. The number of carboxylic acid groups (broad SMARTS) is 1. The summed E-state index contributed by atoms with van der Waals surface area (Å²) in [5, 5.41) is 11.1. The number of anilines is 1. The smallest absolute Gasteiger partial charge is 0.337 e. The average Bonchev–Trinajstić information content (AvgIpc) is 3.23. The molecule has 2 aromatic rings. The third kappa shape index (κ3) is 4.20. The van der Waals surface area contributed by atoms with E-state index in [2.05, 4.69) is 48.2 Å². The second-order valence-electron chi connectivity index (χ2n) is 8.75. The van der Waals surface area contributed by atoms with Crippen LogP contribution in [0.15, 0.2) is 0 Å². The Morgan fingerprint density at radius 2 is 1.97 bits per heavy atom. The Morgan fingerprint density at radius 3 is 2.62 bits per heavy atom. The third-order valence-electron chi connectivity index (χ3n) is 5.90. The van der Waals surface area contributed by atoms with Crippen LogP contribution < -0.4 is 9.62 Å². The first-order valence-corrected chi connectivity index (χ1v) is 12.1. The van der Waals surface area contributed by atoms with Gasteiger partial charge in [-0.2, -0.15) is 0 Å². The minimum absolute atomic E-state index is 0.143. The quantitative estimate of drug-likeness (QED) is 0.600. The van der Waals surface area contributed by atoms with E-state index in [0.29, 0.717) is 12.1 Å². The standard InChI is InChI=1S/C20H28N4O2S3/c1-20(2)5-4-14-12(10-20)15(18(25)26)17(28-14)16-13(11-21-27)22-19(29-16)24-8-6-23(3)7-9-24/h21,27H,4-11H2,1-3H3,(H,25,26). The maximum absolute atomic E-state index is 12.3. The number of hydrogen-bond acceptors (Lipinski definition) is 8. The van der Waals surface area contributed by atoms with Crippen LogP contribution in [0.5, 0.6) is 0 Å². The highest BCUT2D eigenvalue weighted by Gasteiger charge is 2.34. The van der Waals surface area contributed by atoms with Gasteiger partial charge in [-0.3, -0.25) is 4.72 Å². The molecule has 0 saturated carbocycles. The molecule has 1 aliphatic carbocycles. The van der Waals surface area contributed by atoms with Gasteiger partial charge in [-0.1, -0.05) is 38.0 Å². The van der Waals surface area contributed by atoms with Gasteiger partial charge in [-0.25, -0.2) is 9.78 Å². The normalized spacial score (nSPS) is 19.4. The van der Waals surface area contributed by atoms with Crippen molar-refractivity contribution < 1.29 is 9.90 Å². The number of aryl methyl sites for hydroxylation is 1. The third-order valence-corrected chi connectivity index (χ3v) is 8.67. The van der Waals surface area contributed by atoms with E-state index < -0.39 is 5.97 Å². The summed E-state index contributed by atoms with van der Waals surface area (Å²) in [4.78, 5) is 24.9. The maximum Gasteiger partial charge on any atom is 0.337 e. The van der Waals surface area contributed by atoms with Crippen LogP contribution in [-0.4, -0.2) is 54.2 Å². The molecule has 4 rings (SSSR count). The number of rotatable bonds is 5. The van der Waals surface area contributed by atoms with Gasteiger partial charge >= 0.3 is 5.97 Å². The number of piperazine rings is 1. The summed E-state index contributed by atoms with van der Waals surface area (Å²) >= 11 is 7.46. The van der Waals surface area contributed by atoms with Crippen molar-refractivity contribution in [2.24, 2.45) is 5.41 Å².